The van der Waals surface area contributed by atoms with E-state index in [9.17, 15) is 13.2 Å². The molecule has 0 spiro atoms. The molecule has 0 radical (unpaired) electrons. The lowest BCUT2D eigenvalue weighted by Gasteiger charge is -2.25. The van der Waals surface area contributed by atoms with Crippen LogP contribution in [0.4, 0.5) is 11.4 Å². The van der Waals surface area contributed by atoms with Crippen LogP contribution < -0.4 is 9.62 Å². The second-order valence-corrected chi connectivity index (χ2v) is 9.50. The third-order valence-electron chi connectivity index (χ3n) is 4.70. The first kappa shape index (κ1) is 21.9. The Morgan fingerprint density at radius 1 is 1.00 bits per heavy atom. The topological polar surface area (TPSA) is 66.5 Å². The van der Waals surface area contributed by atoms with Crippen LogP contribution in [0.1, 0.15) is 27.0 Å². The minimum Gasteiger partial charge on any atom is -0.321 e. The number of anilines is 2. The number of amides is 1. The van der Waals surface area contributed by atoms with Crippen molar-refractivity contribution in [3.05, 3.63) is 94.0 Å². The number of halogens is 1. The number of aryl methyl sites for hydroxylation is 2. The number of rotatable bonds is 6. The van der Waals surface area contributed by atoms with E-state index in [0.717, 1.165) is 16.7 Å². The van der Waals surface area contributed by atoms with E-state index in [1.165, 1.54) is 10.6 Å². The summed E-state index contributed by atoms with van der Waals surface area (Å²) in [4.78, 5) is 12.5. The molecule has 3 aromatic rings. The minimum absolute atomic E-state index is 0.176. The van der Waals surface area contributed by atoms with Gasteiger partial charge in [0.2, 0.25) is 10.0 Å². The standard InChI is InChI=1S/C23H23ClN2O3S/c1-16-8-9-17(2)22(14-16)26(30(3,28)29)15-18-10-12-19(13-11-18)23(27)25-21-7-5-4-6-20(21)24/h4-14H,15H2,1-3H3,(H,25,27). The summed E-state index contributed by atoms with van der Waals surface area (Å²) in [7, 11) is -3.49. The zero-order chi connectivity index (χ0) is 21.9. The maximum absolute atomic E-state index is 12.5. The second-order valence-electron chi connectivity index (χ2n) is 7.19. The number of carbonyl (C=O) groups is 1. The molecule has 3 aromatic carbocycles. The number of para-hydroxylation sites is 1. The van der Waals surface area contributed by atoms with E-state index in [-0.39, 0.29) is 12.5 Å². The van der Waals surface area contributed by atoms with Gasteiger partial charge in [0.25, 0.3) is 5.91 Å². The molecule has 0 aliphatic carbocycles. The van der Waals surface area contributed by atoms with Crippen molar-refractivity contribution in [3.8, 4) is 0 Å². The van der Waals surface area contributed by atoms with Gasteiger partial charge in [0.15, 0.2) is 0 Å². The third kappa shape index (κ3) is 5.20. The van der Waals surface area contributed by atoms with Crippen LogP contribution in [0.25, 0.3) is 0 Å². The Bertz CT molecular complexity index is 1180. The summed E-state index contributed by atoms with van der Waals surface area (Å²) < 4.78 is 26.3. The van der Waals surface area contributed by atoms with Gasteiger partial charge in [-0.2, -0.15) is 0 Å². The van der Waals surface area contributed by atoms with E-state index in [1.807, 2.05) is 32.0 Å². The van der Waals surface area contributed by atoms with E-state index >= 15 is 0 Å². The van der Waals surface area contributed by atoms with Crippen LogP contribution in [-0.4, -0.2) is 20.6 Å². The lowest BCUT2D eigenvalue weighted by Crippen LogP contribution is -2.30. The molecule has 0 aromatic heterocycles. The van der Waals surface area contributed by atoms with E-state index in [1.54, 1.807) is 48.5 Å². The first-order valence-corrected chi connectivity index (χ1v) is 11.6. The second kappa shape index (κ2) is 8.90. The molecular formula is C23H23ClN2O3S. The highest BCUT2D eigenvalue weighted by molar-refractivity contribution is 7.92. The maximum atomic E-state index is 12.5. The van der Waals surface area contributed by atoms with Gasteiger partial charge in [0.05, 0.1) is 29.2 Å². The van der Waals surface area contributed by atoms with Crippen molar-refractivity contribution in [2.45, 2.75) is 20.4 Å². The molecule has 0 atom stereocenters. The predicted molar refractivity (Wildman–Crippen MR) is 123 cm³/mol. The zero-order valence-electron chi connectivity index (χ0n) is 17.0. The Labute approximate surface area is 182 Å². The molecule has 0 bridgehead atoms. The van der Waals surface area contributed by atoms with Crippen molar-refractivity contribution in [2.75, 3.05) is 15.9 Å². The Kier molecular flexibility index (Phi) is 6.48. The van der Waals surface area contributed by atoms with Gasteiger partial charge in [-0.25, -0.2) is 8.42 Å². The van der Waals surface area contributed by atoms with Gasteiger partial charge in [-0.15, -0.1) is 0 Å². The van der Waals surface area contributed by atoms with Gasteiger partial charge in [-0.3, -0.25) is 9.10 Å². The highest BCUT2D eigenvalue weighted by Crippen LogP contribution is 2.26. The van der Waals surface area contributed by atoms with Crippen molar-refractivity contribution in [1.82, 2.24) is 0 Å². The summed E-state index contributed by atoms with van der Waals surface area (Å²) >= 11 is 6.09. The summed E-state index contributed by atoms with van der Waals surface area (Å²) in [5.74, 6) is -0.288. The third-order valence-corrected chi connectivity index (χ3v) is 6.15. The smallest absolute Gasteiger partial charge is 0.255 e. The first-order valence-electron chi connectivity index (χ1n) is 9.35. The SMILES string of the molecule is Cc1ccc(C)c(N(Cc2ccc(C(=O)Nc3ccccc3Cl)cc2)S(C)(=O)=O)c1. The molecule has 0 aliphatic heterocycles. The molecular weight excluding hydrogens is 420 g/mol. The fraction of sp³-hybridized carbons (Fsp3) is 0.174. The lowest BCUT2D eigenvalue weighted by molar-refractivity contribution is 0.102. The number of hydrogen-bond acceptors (Lipinski definition) is 3. The molecule has 0 saturated carbocycles. The summed E-state index contributed by atoms with van der Waals surface area (Å²) in [6.07, 6.45) is 1.19. The Hall–Kier alpha value is -2.83. The summed E-state index contributed by atoms with van der Waals surface area (Å²) in [5, 5.41) is 3.23. The largest absolute Gasteiger partial charge is 0.321 e. The minimum atomic E-state index is -3.49. The normalized spacial score (nSPS) is 11.2. The monoisotopic (exact) mass is 442 g/mol. The molecule has 30 heavy (non-hydrogen) atoms. The average molecular weight is 443 g/mol. The molecule has 0 aliphatic rings. The van der Waals surface area contributed by atoms with Crippen LogP contribution in [0.3, 0.4) is 0 Å². The molecule has 3 rings (SSSR count). The number of benzene rings is 3. The highest BCUT2D eigenvalue weighted by atomic mass is 35.5. The van der Waals surface area contributed by atoms with Gasteiger partial charge in [-0.1, -0.05) is 48.0 Å². The Morgan fingerprint density at radius 3 is 2.30 bits per heavy atom. The first-order chi connectivity index (χ1) is 14.1. The lowest BCUT2D eigenvalue weighted by atomic mass is 10.1. The molecule has 0 unspecified atom stereocenters. The number of hydrogen-bond donors (Lipinski definition) is 1. The van der Waals surface area contributed by atoms with Crippen LogP contribution in [0, 0.1) is 13.8 Å². The van der Waals surface area contributed by atoms with Crippen molar-refractivity contribution in [1.29, 1.82) is 0 Å². The highest BCUT2D eigenvalue weighted by Gasteiger charge is 2.20. The molecule has 0 fully saturated rings. The number of nitrogens with one attached hydrogen (secondary N) is 1. The Balaban J connectivity index is 1.81. The van der Waals surface area contributed by atoms with E-state index in [0.29, 0.717) is 22.0 Å². The van der Waals surface area contributed by atoms with Crippen LogP contribution in [-0.2, 0) is 16.6 Å². The summed E-state index contributed by atoms with van der Waals surface area (Å²) in [6.45, 7) is 3.99. The fourth-order valence-electron chi connectivity index (χ4n) is 3.05. The van der Waals surface area contributed by atoms with Gasteiger partial charge in [0, 0.05) is 5.56 Å². The van der Waals surface area contributed by atoms with E-state index in [2.05, 4.69) is 5.32 Å². The van der Waals surface area contributed by atoms with Crippen LogP contribution in [0.2, 0.25) is 5.02 Å². The van der Waals surface area contributed by atoms with Crippen LogP contribution >= 0.6 is 11.6 Å². The maximum Gasteiger partial charge on any atom is 0.255 e. The zero-order valence-corrected chi connectivity index (χ0v) is 18.6. The van der Waals surface area contributed by atoms with Gasteiger partial charge in [-0.05, 0) is 60.9 Å². The van der Waals surface area contributed by atoms with Crippen molar-refractivity contribution in [3.63, 3.8) is 0 Å². The molecule has 1 N–H and O–H groups in total. The number of nitrogens with zero attached hydrogens (tertiary/aromatic N) is 1. The van der Waals surface area contributed by atoms with Crippen LogP contribution in [0.15, 0.2) is 66.7 Å². The number of carbonyl (C=O) groups excluding carboxylic acids is 1. The van der Waals surface area contributed by atoms with E-state index in [4.69, 9.17) is 11.6 Å². The average Bonchev–Trinajstić information content (AvgIpc) is 2.69. The van der Waals surface area contributed by atoms with Gasteiger partial charge in [0.1, 0.15) is 0 Å². The van der Waals surface area contributed by atoms with Gasteiger partial charge >= 0.3 is 0 Å². The van der Waals surface area contributed by atoms with Gasteiger partial charge < -0.3 is 5.32 Å². The number of sulfonamides is 1. The van der Waals surface area contributed by atoms with Crippen molar-refractivity contribution < 1.29 is 13.2 Å². The molecule has 0 heterocycles. The fourth-order valence-corrected chi connectivity index (χ4v) is 4.17. The van der Waals surface area contributed by atoms with Crippen molar-refractivity contribution >= 4 is 38.9 Å². The van der Waals surface area contributed by atoms with Crippen molar-refractivity contribution in [2.24, 2.45) is 0 Å². The molecule has 1 amide bonds. The van der Waals surface area contributed by atoms with E-state index < -0.39 is 10.0 Å². The molecule has 156 valence electrons. The quantitative estimate of drug-likeness (QED) is 0.572. The van der Waals surface area contributed by atoms with Crippen LogP contribution in [0.5, 0.6) is 0 Å². The molecule has 0 saturated heterocycles. The molecule has 5 nitrogen and oxygen atoms in total. The summed E-state index contributed by atoms with van der Waals surface area (Å²) in [6, 6.07) is 19.6. The summed E-state index contributed by atoms with van der Waals surface area (Å²) in [5.41, 5.74) is 4.27. The molecule has 7 heteroatoms. The Morgan fingerprint density at radius 2 is 1.67 bits per heavy atom. The predicted octanol–water partition coefficient (Wildman–Crippen LogP) is 5.18.